The standard InChI is InChI=1S/C16H30N2O4S/c1-12(2)14-10-18(13-4-7-22-8-5-13)11-15(14)17-16(19)6-9-23(3,20)21/h12-15H,4-11H2,1-3H3,(H,17,19). The Morgan fingerprint density at radius 3 is 2.48 bits per heavy atom. The highest BCUT2D eigenvalue weighted by Gasteiger charge is 2.38. The Morgan fingerprint density at radius 1 is 1.26 bits per heavy atom. The van der Waals surface area contributed by atoms with E-state index in [0.29, 0.717) is 17.9 Å². The summed E-state index contributed by atoms with van der Waals surface area (Å²) in [6.45, 7) is 7.87. The fourth-order valence-corrected chi connectivity index (χ4v) is 4.15. The minimum Gasteiger partial charge on any atom is -0.381 e. The van der Waals surface area contributed by atoms with Crippen LogP contribution in [0, 0.1) is 11.8 Å². The Kier molecular flexibility index (Phi) is 6.45. The quantitative estimate of drug-likeness (QED) is 0.765. The summed E-state index contributed by atoms with van der Waals surface area (Å²) in [6, 6.07) is 0.660. The van der Waals surface area contributed by atoms with E-state index in [0.717, 1.165) is 39.1 Å². The molecule has 2 aliphatic rings. The van der Waals surface area contributed by atoms with Gasteiger partial charge in [-0.15, -0.1) is 0 Å². The van der Waals surface area contributed by atoms with Gasteiger partial charge in [-0.1, -0.05) is 13.8 Å². The maximum Gasteiger partial charge on any atom is 0.221 e. The van der Waals surface area contributed by atoms with Crippen molar-refractivity contribution in [3.05, 3.63) is 0 Å². The van der Waals surface area contributed by atoms with Gasteiger partial charge in [0.15, 0.2) is 0 Å². The summed E-state index contributed by atoms with van der Waals surface area (Å²) in [5, 5.41) is 3.08. The van der Waals surface area contributed by atoms with Crippen LogP contribution >= 0.6 is 0 Å². The number of amides is 1. The molecule has 0 saturated carbocycles. The Morgan fingerprint density at radius 2 is 1.91 bits per heavy atom. The summed E-state index contributed by atoms with van der Waals surface area (Å²) in [5.74, 6) is 0.668. The molecule has 0 radical (unpaired) electrons. The smallest absolute Gasteiger partial charge is 0.221 e. The zero-order valence-corrected chi connectivity index (χ0v) is 15.3. The average molecular weight is 346 g/mol. The Bertz CT molecular complexity index is 500. The highest BCUT2D eigenvalue weighted by atomic mass is 32.2. The molecule has 23 heavy (non-hydrogen) atoms. The van der Waals surface area contributed by atoms with Crippen molar-refractivity contribution in [2.45, 2.75) is 45.2 Å². The first kappa shape index (κ1) is 18.7. The van der Waals surface area contributed by atoms with Crippen LogP contribution in [0.25, 0.3) is 0 Å². The van der Waals surface area contributed by atoms with Crippen molar-refractivity contribution < 1.29 is 17.9 Å². The Hall–Kier alpha value is -0.660. The second-order valence-electron chi connectivity index (χ2n) is 7.26. The van der Waals surface area contributed by atoms with E-state index in [4.69, 9.17) is 4.74 Å². The van der Waals surface area contributed by atoms with Crippen molar-refractivity contribution in [1.29, 1.82) is 0 Å². The van der Waals surface area contributed by atoms with Crippen LogP contribution < -0.4 is 5.32 Å². The third-order valence-corrected chi connectivity index (χ3v) is 5.95. The molecule has 1 N–H and O–H groups in total. The van der Waals surface area contributed by atoms with Crippen LogP contribution in [0.1, 0.15) is 33.1 Å². The predicted octanol–water partition coefficient (Wildman–Crippen LogP) is 0.673. The molecule has 7 heteroatoms. The van der Waals surface area contributed by atoms with Crippen molar-refractivity contribution in [2.75, 3.05) is 38.3 Å². The average Bonchev–Trinajstić information content (AvgIpc) is 2.89. The van der Waals surface area contributed by atoms with Gasteiger partial charge in [0.05, 0.1) is 5.75 Å². The molecule has 6 nitrogen and oxygen atoms in total. The normalized spacial score (nSPS) is 27.5. The van der Waals surface area contributed by atoms with Crippen LogP contribution in [-0.4, -0.2) is 69.6 Å². The van der Waals surface area contributed by atoms with Gasteiger partial charge in [-0.2, -0.15) is 0 Å². The third-order valence-electron chi connectivity index (χ3n) is 5.00. The van der Waals surface area contributed by atoms with Gasteiger partial charge in [0, 0.05) is 51.1 Å². The van der Waals surface area contributed by atoms with Crippen LogP contribution in [0.2, 0.25) is 0 Å². The summed E-state index contributed by atoms with van der Waals surface area (Å²) < 4.78 is 27.8. The molecule has 0 bridgehead atoms. The van der Waals surface area contributed by atoms with Crippen LogP contribution in [0.5, 0.6) is 0 Å². The lowest BCUT2D eigenvalue weighted by molar-refractivity contribution is -0.121. The lowest BCUT2D eigenvalue weighted by Crippen LogP contribution is -2.43. The number of hydrogen-bond acceptors (Lipinski definition) is 5. The van der Waals surface area contributed by atoms with Gasteiger partial charge in [-0.3, -0.25) is 9.69 Å². The number of sulfone groups is 1. The molecule has 0 spiro atoms. The number of likely N-dealkylation sites (tertiary alicyclic amines) is 1. The molecular formula is C16H30N2O4S. The van der Waals surface area contributed by atoms with Crippen LogP contribution in [0.4, 0.5) is 0 Å². The predicted molar refractivity (Wildman–Crippen MR) is 90.0 cm³/mol. The molecule has 2 fully saturated rings. The van der Waals surface area contributed by atoms with E-state index in [2.05, 4.69) is 24.1 Å². The minimum absolute atomic E-state index is 0.0530. The molecule has 0 aliphatic carbocycles. The van der Waals surface area contributed by atoms with Gasteiger partial charge >= 0.3 is 0 Å². The molecule has 0 aromatic carbocycles. The van der Waals surface area contributed by atoms with Crippen LogP contribution in [-0.2, 0) is 19.4 Å². The van der Waals surface area contributed by atoms with Gasteiger partial charge in [0.2, 0.25) is 5.91 Å². The third kappa shape index (κ3) is 5.72. The summed E-state index contributed by atoms with van der Waals surface area (Å²) in [4.78, 5) is 14.6. The van der Waals surface area contributed by atoms with E-state index < -0.39 is 9.84 Å². The molecule has 2 atom stereocenters. The maximum atomic E-state index is 12.1. The molecule has 2 saturated heterocycles. The van der Waals surface area contributed by atoms with Gasteiger partial charge in [-0.05, 0) is 24.7 Å². The number of nitrogens with zero attached hydrogens (tertiary/aromatic N) is 1. The van der Waals surface area contributed by atoms with Gasteiger partial charge in [0.25, 0.3) is 0 Å². The molecule has 0 aromatic heterocycles. The van der Waals surface area contributed by atoms with Crippen molar-refractivity contribution in [1.82, 2.24) is 10.2 Å². The lowest BCUT2D eigenvalue weighted by atomic mass is 9.91. The SMILES string of the molecule is CC(C)C1CN(C2CCOCC2)CC1NC(=O)CCS(C)(=O)=O. The van der Waals surface area contributed by atoms with Gasteiger partial charge in [0.1, 0.15) is 9.84 Å². The molecule has 134 valence electrons. The minimum atomic E-state index is -3.10. The fourth-order valence-electron chi connectivity index (χ4n) is 3.59. The first-order chi connectivity index (χ1) is 10.8. The number of ether oxygens (including phenoxy) is 1. The first-order valence-electron chi connectivity index (χ1n) is 8.55. The highest BCUT2D eigenvalue weighted by Crippen LogP contribution is 2.28. The molecule has 2 rings (SSSR count). The van der Waals surface area contributed by atoms with E-state index in [-0.39, 0.29) is 24.1 Å². The summed E-state index contributed by atoms with van der Waals surface area (Å²) in [7, 11) is -3.10. The van der Waals surface area contributed by atoms with Crippen molar-refractivity contribution in [3.63, 3.8) is 0 Å². The largest absolute Gasteiger partial charge is 0.381 e. The van der Waals surface area contributed by atoms with E-state index in [1.54, 1.807) is 0 Å². The van der Waals surface area contributed by atoms with Crippen LogP contribution in [0.3, 0.4) is 0 Å². The zero-order chi connectivity index (χ0) is 17.0. The monoisotopic (exact) mass is 346 g/mol. The van der Waals surface area contributed by atoms with Crippen molar-refractivity contribution in [2.24, 2.45) is 11.8 Å². The number of nitrogens with one attached hydrogen (secondary N) is 1. The number of hydrogen-bond donors (Lipinski definition) is 1. The first-order valence-corrected chi connectivity index (χ1v) is 10.6. The molecule has 0 aromatic rings. The summed E-state index contributed by atoms with van der Waals surface area (Å²) in [5.41, 5.74) is 0. The second kappa shape index (κ2) is 7.94. The molecular weight excluding hydrogens is 316 g/mol. The highest BCUT2D eigenvalue weighted by molar-refractivity contribution is 7.90. The van der Waals surface area contributed by atoms with E-state index in [9.17, 15) is 13.2 Å². The number of carbonyl (C=O) groups excluding carboxylic acids is 1. The van der Waals surface area contributed by atoms with Gasteiger partial charge in [-0.25, -0.2) is 8.42 Å². The van der Waals surface area contributed by atoms with E-state index in [1.165, 1.54) is 6.26 Å². The van der Waals surface area contributed by atoms with Gasteiger partial charge < -0.3 is 10.1 Å². The van der Waals surface area contributed by atoms with E-state index in [1.807, 2.05) is 0 Å². The molecule has 2 heterocycles. The second-order valence-corrected chi connectivity index (χ2v) is 9.52. The Balaban J connectivity index is 1.91. The number of carbonyl (C=O) groups is 1. The molecule has 1 amide bonds. The van der Waals surface area contributed by atoms with E-state index >= 15 is 0 Å². The Labute approximate surface area is 139 Å². The summed E-state index contributed by atoms with van der Waals surface area (Å²) in [6.07, 6.45) is 3.33. The lowest BCUT2D eigenvalue weighted by Gasteiger charge is -2.31. The fraction of sp³-hybridized carbons (Fsp3) is 0.938. The maximum absolute atomic E-state index is 12.1. The topological polar surface area (TPSA) is 75.7 Å². The number of rotatable bonds is 6. The van der Waals surface area contributed by atoms with Crippen molar-refractivity contribution >= 4 is 15.7 Å². The molecule has 2 unspecified atom stereocenters. The zero-order valence-electron chi connectivity index (χ0n) is 14.5. The van der Waals surface area contributed by atoms with Crippen molar-refractivity contribution in [3.8, 4) is 0 Å². The van der Waals surface area contributed by atoms with Crippen LogP contribution in [0.15, 0.2) is 0 Å². The summed E-state index contributed by atoms with van der Waals surface area (Å²) >= 11 is 0. The molecule has 2 aliphatic heterocycles.